The molecule has 3 aromatic rings. The Morgan fingerprint density at radius 2 is 2.00 bits per heavy atom. The van der Waals surface area contributed by atoms with Crippen LogP contribution in [0.4, 0.5) is 5.69 Å². The van der Waals surface area contributed by atoms with E-state index in [1.807, 2.05) is 55.4 Å². The van der Waals surface area contributed by atoms with Gasteiger partial charge in [0, 0.05) is 36.9 Å². The Hall–Kier alpha value is -2.89. The van der Waals surface area contributed by atoms with Crippen molar-refractivity contribution in [3.63, 3.8) is 0 Å². The van der Waals surface area contributed by atoms with E-state index < -0.39 is 0 Å². The van der Waals surface area contributed by atoms with Gasteiger partial charge < -0.3 is 10.2 Å². The molecule has 22 heavy (non-hydrogen) atoms. The highest BCUT2D eigenvalue weighted by Crippen LogP contribution is 2.14. The molecule has 1 amide bonds. The molecule has 0 bridgehead atoms. The lowest BCUT2D eigenvalue weighted by Gasteiger charge is -2.12. The lowest BCUT2D eigenvalue weighted by molar-refractivity contribution is 0.0950. The van der Waals surface area contributed by atoms with Gasteiger partial charge in [0.05, 0.1) is 12.2 Å². The van der Waals surface area contributed by atoms with Crippen molar-refractivity contribution in [2.75, 3.05) is 19.0 Å². The van der Waals surface area contributed by atoms with E-state index >= 15 is 0 Å². The lowest BCUT2D eigenvalue weighted by Crippen LogP contribution is -2.23. The summed E-state index contributed by atoms with van der Waals surface area (Å²) in [6.07, 6.45) is 1.69. The first-order chi connectivity index (χ1) is 10.6. The second-order valence-corrected chi connectivity index (χ2v) is 5.20. The van der Waals surface area contributed by atoms with Gasteiger partial charge in [0.25, 0.3) is 5.91 Å². The Morgan fingerprint density at radius 1 is 1.23 bits per heavy atom. The number of carbonyl (C=O) groups is 1. The highest BCUT2D eigenvalue weighted by atomic mass is 16.1. The van der Waals surface area contributed by atoms with Crippen LogP contribution in [-0.4, -0.2) is 35.2 Å². The standard InChI is InChI=1S/C16H17N5O/c1-21(2)12-7-5-11(6-8-12)16(22)18-10-14-13-4-3-9-17-15(13)20-19-14/h3-9H,10H2,1-2H3,(H,18,22)(H,17,19,20). The number of nitrogens with one attached hydrogen (secondary N) is 2. The quantitative estimate of drug-likeness (QED) is 0.771. The maximum absolute atomic E-state index is 12.2. The molecular weight excluding hydrogens is 278 g/mol. The van der Waals surface area contributed by atoms with E-state index in [9.17, 15) is 4.79 Å². The lowest BCUT2D eigenvalue weighted by atomic mass is 10.2. The molecule has 0 saturated carbocycles. The Labute approximate surface area is 128 Å². The number of amides is 1. The number of hydrogen-bond acceptors (Lipinski definition) is 4. The summed E-state index contributed by atoms with van der Waals surface area (Å²) >= 11 is 0. The van der Waals surface area contributed by atoms with E-state index in [2.05, 4.69) is 20.5 Å². The molecule has 6 nitrogen and oxygen atoms in total. The number of aromatic nitrogens is 3. The first-order valence-electron chi connectivity index (χ1n) is 6.98. The third-order valence-electron chi connectivity index (χ3n) is 3.48. The van der Waals surface area contributed by atoms with Crippen molar-refractivity contribution >= 4 is 22.6 Å². The smallest absolute Gasteiger partial charge is 0.251 e. The fraction of sp³-hybridized carbons (Fsp3) is 0.188. The number of benzene rings is 1. The van der Waals surface area contributed by atoms with Gasteiger partial charge in [-0.15, -0.1) is 0 Å². The molecular formula is C16H17N5O. The van der Waals surface area contributed by atoms with Gasteiger partial charge in [-0.05, 0) is 36.4 Å². The van der Waals surface area contributed by atoms with E-state index in [1.54, 1.807) is 6.20 Å². The van der Waals surface area contributed by atoms with Crippen molar-refractivity contribution in [3.05, 3.63) is 53.9 Å². The van der Waals surface area contributed by atoms with Crippen LogP contribution < -0.4 is 10.2 Å². The molecule has 112 valence electrons. The number of H-pyrrole nitrogens is 1. The van der Waals surface area contributed by atoms with Crippen molar-refractivity contribution in [2.24, 2.45) is 0 Å². The minimum Gasteiger partial charge on any atom is -0.378 e. The summed E-state index contributed by atoms with van der Waals surface area (Å²) < 4.78 is 0. The fourth-order valence-electron chi connectivity index (χ4n) is 2.22. The van der Waals surface area contributed by atoms with Crippen LogP contribution in [0.25, 0.3) is 11.0 Å². The molecule has 0 radical (unpaired) electrons. The Morgan fingerprint density at radius 3 is 2.73 bits per heavy atom. The predicted octanol–water partition coefficient (Wildman–Crippen LogP) is 1.95. The number of fused-ring (bicyclic) bond motifs is 1. The molecule has 2 N–H and O–H groups in total. The van der Waals surface area contributed by atoms with Crippen LogP contribution in [0, 0.1) is 0 Å². The van der Waals surface area contributed by atoms with Crippen LogP contribution in [-0.2, 0) is 6.54 Å². The second-order valence-electron chi connectivity index (χ2n) is 5.20. The van der Waals surface area contributed by atoms with Gasteiger partial charge in [-0.1, -0.05) is 0 Å². The maximum Gasteiger partial charge on any atom is 0.251 e. The third kappa shape index (κ3) is 2.76. The highest BCUT2D eigenvalue weighted by molar-refractivity contribution is 5.94. The zero-order valence-electron chi connectivity index (χ0n) is 12.5. The van der Waals surface area contributed by atoms with Crippen LogP contribution >= 0.6 is 0 Å². The predicted molar refractivity (Wildman–Crippen MR) is 85.8 cm³/mol. The zero-order chi connectivity index (χ0) is 15.5. The van der Waals surface area contributed by atoms with E-state index in [0.717, 1.165) is 16.8 Å². The van der Waals surface area contributed by atoms with Crippen molar-refractivity contribution in [3.8, 4) is 0 Å². The molecule has 0 fully saturated rings. The fourth-order valence-corrected chi connectivity index (χ4v) is 2.22. The van der Waals surface area contributed by atoms with Crippen molar-refractivity contribution in [1.29, 1.82) is 0 Å². The van der Waals surface area contributed by atoms with Crippen LogP contribution in [0.1, 0.15) is 16.1 Å². The van der Waals surface area contributed by atoms with Gasteiger partial charge in [-0.25, -0.2) is 4.98 Å². The number of hydrogen-bond donors (Lipinski definition) is 2. The summed E-state index contributed by atoms with van der Waals surface area (Å²) in [5.41, 5.74) is 3.19. The number of pyridine rings is 1. The first-order valence-corrected chi connectivity index (χ1v) is 6.98. The van der Waals surface area contributed by atoms with E-state index in [4.69, 9.17) is 0 Å². The number of anilines is 1. The van der Waals surface area contributed by atoms with Crippen molar-refractivity contribution in [2.45, 2.75) is 6.54 Å². The number of rotatable bonds is 4. The minimum atomic E-state index is -0.114. The Balaban J connectivity index is 1.69. The minimum absolute atomic E-state index is 0.114. The average Bonchev–Trinajstić information content (AvgIpc) is 2.96. The van der Waals surface area contributed by atoms with Crippen LogP contribution in [0.2, 0.25) is 0 Å². The molecule has 0 aliphatic rings. The monoisotopic (exact) mass is 295 g/mol. The molecule has 0 saturated heterocycles. The van der Waals surface area contributed by atoms with E-state index in [1.165, 1.54) is 0 Å². The number of aromatic amines is 1. The van der Waals surface area contributed by atoms with Crippen LogP contribution in [0.15, 0.2) is 42.6 Å². The molecule has 0 aliphatic heterocycles. The highest BCUT2D eigenvalue weighted by Gasteiger charge is 2.09. The average molecular weight is 295 g/mol. The van der Waals surface area contributed by atoms with Crippen molar-refractivity contribution < 1.29 is 4.79 Å². The molecule has 2 heterocycles. The maximum atomic E-state index is 12.2. The largest absolute Gasteiger partial charge is 0.378 e. The second kappa shape index (κ2) is 5.85. The molecule has 3 rings (SSSR count). The molecule has 1 aromatic carbocycles. The Kier molecular flexibility index (Phi) is 3.74. The molecule has 0 unspecified atom stereocenters. The SMILES string of the molecule is CN(C)c1ccc(C(=O)NCc2[nH]nc3ncccc23)cc1. The summed E-state index contributed by atoms with van der Waals surface area (Å²) in [5, 5.41) is 10.8. The van der Waals surface area contributed by atoms with Crippen LogP contribution in [0.5, 0.6) is 0 Å². The van der Waals surface area contributed by atoms with Gasteiger partial charge in [0.15, 0.2) is 5.65 Å². The molecule has 6 heteroatoms. The molecule has 0 spiro atoms. The van der Waals surface area contributed by atoms with Gasteiger partial charge in [-0.3, -0.25) is 9.89 Å². The van der Waals surface area contributed by atoms with Gasteiger partial charge >= 0.3 is 0 Å². The molecule has 0 atom stereocenters. The molecule has 2 aromatic heterocycles. The Bertz CT molecular complexity index is 792. The van der Waals surface area contributed by atoms with Gasteiger partial charge in [0.2, 0.25) is 0 Å². The summed E-state index contributed by atoms with van der Waals surface area (Å²) in [6, 6.07) is 11.3. The molecule has 0 aliphatic carbocycles. The summed E-state index contributed by atoms with van der Waals surface area (Å²) in [6.45, 7) is 0.385. The van der Waals surface area contributed by atoms with E-state index in [-0.39, 0.29) is 5.91 Å². The van der Waals surface area contributed by atoms with Gasteiger partial charge in [0.1, 0.15) is 0 Å². The normalized spacial score (nSPS) is 10.6. The number of carbonyl (C=O) groups excluding carboxylic acids is 1. The third-order valence-corrected chi connectivity index (χ3v) is 3.48. The topological polar surface area (TPSA) is 73.9 Å². The van der Waals surface area contributed by atoms with Gasteiger partial charge in [-0.2, -0.15) is 5.10 Å². The zero-order valence-corrected chi connectivity index (χ0v) is 12.5. The summed E-state index contributed by atoms with van der Waals surface area (Å²) in [7, 11) is 3.93. The number of nitrogens with zero attached hydrogens (tertiary/aromatic N) is 3. The first kappa shape index (κ1) is 14.1. The summed E-state index contributed by atoms with van der Waals surface area (Å²) in [4.78, 5) is 18.3. The van der Waals surface area contributed by atoms with Crippen molar-refractivity contribution in [1.82, 2.24) is 20.5 Å². The van der Waals surface area contributed by atoms with E-state index in [0.29, 0.717) is 17.8 Å². The van der Waals surface area contributed by atoms with Crippen LogP contribution in [0.3, 0.4) is 0 Å². The summed E-state index contributed by atoms with van der Waals surface area (Å²) in [5.74, 6) is -0.114.